The van der Waals surface area contributed by atoms with Crippen LogP contribution in [0, 0.1) is 17.8 Å². The highest BCUT2D eigenvalue weighted by Crippen LogP contribution is 2.40. The number of halogens is 1. The summed E-state index contributed by atoms with van der Waals surface area (Å²) >= 11 is 5.66. The first kappa shape index (κ1) is 13.4. The Hall–Kier alpha value is -0.0100. The number of methoxy groups -OCH3 is 1. The Labute approximate surface area is 111 Å². The molecule has 17 heavy (non-hydrogen) atoms. The summed E-state index contributed by atoms with van der Waals surface area (Å²) in [4.78, 5) is 0. The Kier molecular flexibility index (Phi) is 5.37. The molecule has 2 fully saturated rings. The summed E-state index contributed by atoms with van der Waals surface area (Å²) in [5, 5.41) is 0. The molecule has 0 unspecified atom stereocenters. The highest BCUT2D eigenvalue weighted by atomic mass is 35.5. The first-order valence-corrected chi connectivity index (χ1v) is 7.56. The van der Waals surface area contributed by atoms with Gasteiger partial charge in [0.1, 0.15) is 0 Å². The zero-order chi connectivity index (χ0) is 12.1. The predicted molar refractivity (Wildman–Crippen MR) is 73.2 cm³/mol. The Morgan fingerprint density at radius 3 is 1.88 bits per heavy atom. The van der Waals surface area contributed by atoms with Crippen molar-refractivity contribution in [3.8, 4) is 0 Å². The molecule has 0 aliphatic heterocycles. The van der Waals surface area contributed by atoms with Crippen molar-refractivity contribution in [3.05, 3.63) is 11.6 Å². The average Bonchev–Trinajstić information content (AvgIpc) is 2.40. The van der Waals surface area contributed by atoms with Crippen LogP contribution in [0.1, 0.15) is 51.4 Å². The van der Waals surface area contributed by atoms with Gasteiger partial charge in [-0.2, -0.15) is 0 Å². The van der Waals surface area contributed by atoms with Crippen molar-refractivity contribution < 1.29 is 4.74 Å². The third-order valence-electron chi connectivity index (χ3n) is 4.88. The summed E-state index contributed by atoms with van der Waals surface area (Å²) in [6.07, 6.45) is 13.6. The predicted octanol–water partition coefficient (Wildman–Crippen LogP) is 4.75. The molecule has 2 aliphatic rings. The van der Waals surface area contributed by atoms with Gasteiger partial charge in [-0.25, -0.2) is 0 Å². The first-order valence-electron chi connectivity index (χ1n) is 7.13. The second-order valence-corrected chi connectivity index (χ2v) is 6.02. The number of hydrogen-bond acceptors (Lipinski definition) is 1. The molecule has 0 atom stereocenters. The SMILES string of the molecule is COC1CCC(C2CCC(/C=C/Cl)CC2)CC1. The van der Waals surface area contributed by atoms with E-state index in [-0.39, 0.29) is 0 Å². The number of allylic oxidation sites excluding steroid dienone is 1. The Morgan fingerprint density at radius 1 is 0.882 bits per heavy atom. The first-order chi connectivity index (χ1) is 8.33. The Balaban J connectivity index is 1.74. The van der Waals surface area contributed by atoms with Crippen LogP contribution in [0.15, 0.2) is 11.6 Å². The summed E-state index contributed by atoms with van der Waals surface area (Å²) in [5.41, 5.74) is 1.70. The minimum atomic E-state index is 0.543. The molecule has 0 N–H and O–H groups in total. The van der Waals surface area contributed by atoms with Crippen LogP contribution in [-0.2, 0) is 4.74 Å². The fraction of sp³-hybridized carbons (Fsp3) is 0.867. The van der Waals surface area contributed by atoms with Crippen LogP contribution in [0.5, 0.6) is 0 Å². The summed E-state index contributed by atoms with van der Waals surface area (Å²) in [7, 11) is 1.86. The molecule has 1 nitrogen and oxygen atoms in total. The number of hydrogen-bond donors (Lipinski definition) is 0. The molecule has 0 spiro atoms. The summed E-state index contributed by atoms with van der Waals surface area (Å²) in [6, 6.07) is 0. The van der Waals surface area contributed by atoms with Crippen LogP contribution in [-0.4, -0.2) is 13.2 Å². The average molecular weight is 257 g/mol. The van der Waals surface area contributed by atoms with Crippen molar-refractivity contribution in [2.45, 2.75) is 57.5 Å². The van der Waals surface area contributed by atoms with Crippen molar-refractivity contribution in [3.63, 3.8) is 0 Å². The van der Waals surface area contributed by atoms with E-state index in [4.69, 9.17) is 16.3 Å². The van der Waals surface area contributed by atoms with E-state index in [1.807, 2.05) is 7.11 Å². The van der Waals surface area contributed by atoms with E-state index >= 15 is 0 Å². The van der Waals surface area contributed by atoms with Crippen molar-refractivity contribution in [2.24, 2.45) is 17.8 Å². The maximum absolute atomic E-state index is 5.66. The van der Waals surface area contributed by atoms with E-state index in [1.165, 1.54) is 51.4 Å². The fourth-order valence-corrected chi connectivity index (χ4v) is 3.91. The molecule has 2 rings (SSSR count). The molecule has 0 aromatic carbocycles. The normalized spacial score (nSPS) is 39.6. The Morgan fingerprint density at radius 2 is 1.41 bits per heavy atom. The van der Waals surface area contributed by atoms with Gasteiger partial charge in [0.15, 0.2) is 0 Å². The van der Waals surface area contributed by atoms with Crippen LogP contribution in [0.4, 0.5) is 0 Å². The molecule has 0 bridgehead atoms. The lowest BCUT2D eigenvalue weighted by Gasteiger charge is -2.37. The van der Waals surface area contributed by atoms with Gasteiger partial charge in [-0.3, -0.25) is 0 Å². The molecule has 0 saturated heterocycles. The molecule has 98 valence electrons. The zero-order valence-electron chi connectivity index (χ0n) is 10.9. The third kappa shape index (κ3) is 3.72. The summed E-state index contributed by atoms with van der Waals surface area (Å²) in [5.74, 6) is 2.70. The molecule has 0 aromatic heterocycles. The van der Waals surface area contributed by atoms with Gasteiger partial charge in [-0.15, -0.1) is 0 Å². The smallest absolute Gasteiger partial charge is 0.0571 e. The molecule has 0 amide bonds. The molecular formula is C15H25ClO. The topological polar surface area (TPSA) is 9.23 Å². The highest BCUT2D eigenvalue weighted by molar-refractivity contribution is 6.25. The second-order valence-electron chi connectivity index (χ2n) is 5.77. The van der Waals surface area contributed by atoms with Crippen LogP contribution in [0.2, 0.25) is 0 Å². The maximum atomic E-state index is 5.66. The van der Waals surface area contributed by atoms with Crippen molar-refractivity contribution in [1.29, 1.82) is 0 Å². The van der Waals surface area contributed by atoms with Gasteiger partial charge < -0.3 is 4.74 Å². The lowest BCUT2D eigenvalue weighted by atomic mass is 9.70. The van der Waals surface area contributed by atoms with Crippen LogP contribution < -0.4 is 0 Å². The van der Waals surface area contributed by atoms with E-state index in [9.17, 15) is 0 Å². The van der Waals surface area contributed by atoms with Crippen LogP contribution in [0.25, 0.3) is 0 Å². The largest absolute Gasteiger partial charge is 0.381 e. The van der Waals surface area contributed by atoms with E-state index in [0.717, 1.165) is 17.8 Å². The lowest BCUT2D eigenvalue weighted by Crippen LogP contribution is -2.27. The van der Waals surface area contributed by atoms with E-state index in [0.29, 0.717) is 6.10 Å². The lowest BCUT2D eigenvalue weighted by molar-refractivity contribution is 0.0405. The van der Waals surface area contributed by atoms with Crippen molar-refractivity contribution in [2.75, 3.05) is 7.11 Å². The molecule has 2 aliphatic carbocycles. The van der Waals surface area contributed by atoms with Gasteiger partial charge in [-0.1, -0.05) is 17.7 Å². The van der Waals surface area contributed by atoms with E-state index in [1.54, 1.807) is 5.54 Å². The van der Waals surface area contributed by atoms with E-state index < -0.39 is 0 Å². The van der Waals surface area contributed by atoms with Crippen LogP contribution in [0.3, 0.4) is 0 Å². The van der Waals surface area contributed by atoms with Gasteiger partial charge in [0.2, 0.25) is 0 Å². The van der Waals surface area contributed by atoms with Gasteiger partial charge in [0.25, 0.3) is 0 Å². The minimum Gasteiger partial charge on any atom is -0.381 e. The van der Waals surface area contributed by atoms with Crippen LogP contribution >= 0.6 is 11.6 Å². The van der Waals surface area contributed by atoms with Gasteiger partial charge >= 0.3 is 0 Å². The Bertz CT molecular complexity index is 235. The molecule has 2 heteroatoms. The second kappa shape index (κ2) is 6.80. The molecule has 0 heterocycles. The van der Waals surface area contributed by atoms with Gasteiger partial charge in [-0.05, 0) is 69.1 Å². The quantitative estimate of drug-likeness (QED) is 0.708. The maximum Gasteiger partial charge on any atom is 0.0571 e. The van der Waals surface area contributed by atoms with Crippen molar-refractivity contribution in [1.82, 2.24) is 0 Å². The highest BCUT2D eigenvalue weighted by Gasteiger charge is 2.30. The summed E-state index contributed by atoms with van der Waals surface area (Å²) in [6.45, 7) is 0. The zero-order valence-corrected chi connectivity index (χ0v) is 11.7. The molecule has 0 aromatic rings. The van der Waals surface area contributed by atoms with Gasteiger partial charge in [0, 0.05) is 12.6 Å². The standard InChI is InChI=1S/C15H25ClO/c1-17-15-8-6-14(7-9-15)13-4-2-12(3-5-13)10-11-16/h10-15H,2-9H2,1H3/b11-10+. The molecule has 0 radical (unpaired) electrons. The van der Waals surface area contributed by atoms with Gasteiger partial charge in [0.05, 0.1) is 6.10 Å². The van der Waals surface area contributed by atoms with E-state index in [2.05, 4.69) is 6.08 Å². The third-order valence-corrected chi connectivity index (χ3v) is 5.03. The number of ether oxygens (including phenoxy) is 1. The van der Waals surface area contributed by atoms with Crippen molar-refractivity contribution >= 4 is 11.6 Å². The fourth-order valence-electron chi connectivity index (χ4n) is 3.71. The summed E-state index contributed by atoms with van der Waals surface area (Å²) < 4.78 is 5.45. The molecule has 2 saturated carbocycles. The minimum absolute atomic E-state index is 0.543. The monoisotopic (exact) mass is 256 g/mol. The number of rotatable bonds is 3. The molecular weight excluding hydrogens is 232 g/mol.